The van der Waals surface area contributed by atoms with Gasteiger partial charge < -0.3 is 16.0 Å². The Bertz CT molecular complexity index is 1150. The maximum atomic E-state index is 13.4. The molecule has 0 radical (unpaired) electrons. The van der Waals surface area contributed by atoms with Crippen molar-refractivity contribution in [3.05, 3.63) is 77.9 Å². The molecule has 0 unspecified atom stereocenters. The van der Waals surface area contributed by atoms with Crippen LogP contribution in [0.15, 0.2) is 67.0 Å². The summed E-state index contributed by atoms with van der Waals surface area (Å²) < 4.78 is 13.4. The van der Waals surface area contributed by atoms with E-state index in [9.17, 15) is 9.18 Å². The monoisotopic (exact) mass is 466 g/mol. The maximum absolute atomic E-state index is 13.4. The van der Waals surface area contributed by atoms with E-state index in [4.69, 9.17) is 11.6 Å². The van der Waals surface area contributed by atoms with E-state index in [1.165, 1.54) is 31.3 Å². The Kier molecular flexibility index (Phi) is 7.49. The predicted molar refractivity (Wildman–Crippen MR) is 130 cm³/mol. The van der Waals surface area contributed by atoms with Crippen molar-refractivity contribution >= 4 is 46.2 Å². The molecule has 170 valence electrons. The summed E-state index contributed by atoms with van der Waals surface area (Å²) in [5.74, 6) is 0.414. The van der Waals surface area contributed by atoms with Gasteiger partial charge in [0.05, 0.1) is 5.02 Å². The molecular formula is C24H24ClFN6O. The summed E-state index contributed by atoms with van der Waals surface area (Å²) in [5, 5.41) is 9.16. The number of nitrogens with one attached hydrogen (secondary N) is 3. The molecule has 0 aliphatic carbocycles. The molecule has 0 spiro atoms. The number of anilines is 5. The minimum absolute atomic E-state index is 0.0251. The van der Waals surface area contributed by atoms with E-state index >= 15 is 0 Å². The second kappa shape index (κ2) is 10.9. The van der Waals surface area contributed by atoms with Crippen LogP contribution in [0.4, 0.5) is 33.1 Å². The molecule has 1 saturated heterocycles. The third-order valence-electron chi connectivity index (χ3n) is 5.09. The van der Waals surface area contributed by atoms with Crippen LogP contribution in [-0.2, 0) is 4.79 Å². The van der Waals surface area contributed by atoms with Gasteiger partial charge in [-0.1, -0.05) is 23.7 Å². The van der Waals surface area contributed by atoms with Crippen LogP contribution in [-0.4, -0.2) is 40.4 Å². The standard InChI is InChI=1S/C24H24ClFN6O/c25-20-14-19(8-9-21(20)26)30-23-15-22(27-16-28-23)29-17-5-3-6-18(13-17)31-24(33)7-4-12-32-10-1-2-11-32/h3-9,13-16H,1-2,10-12H2,(H,31,33)(H2,27,28,29,30)/b7-4+. The Labute approximate surface area is 196 Å². The Hall–Kier alpha value is -3.49. The molecule has 0 atom stereocenters. The molecule has 1 amide bonds. The highest BCUT2D eigenvalue weighted by Crippen LogP contribution is 2.24. The van der Waals surface area contributed by atoms with E-state index in [0.29, 0.717) is 23.0 Å². The van der Waals surface area contributed by atoms with E-state index in [1.54, 1.807) is 18.2 Å². The van der Waals surface area contributed by atoms with Gasteiger partial charge in [-0.15, -0.1) is 0 Å². The number of likely N-dealkylation sites (tertiary alicyclic amines) is 1. The summed E-state index contributed by atoms with van der Waals surface area (Å²) >= 11 is 5.83. The van der Waals surface area contributed by atoms with Gasteiger partial charge >= 0.3 is 0 Å². The van der Waals surface area contributed by atoms with Crippen molar-refractivity contribution in [3.8, 4) is 0 Å². The SMILES string of the molecule is O=C(/C=C/CN1CCCC1)Nc1cccc(Nc2cc(Nc3ccc(F)c(Cl)c3)ncn2)c1. The van der Waals surface area contributed by atoms with Crippen LogP contribution in [0.3, 0.4) is 0 Å². The van der Waals surface area contributed by atoms with Crippen molar-refractivity contribution in [2.75, 3.05) is 35.6 Å². The van der Waals surface area contributed by atoms with Crippen molar-refractivity contribution in [1.29, 1.82) is 0 Å². The minimum atomic E-state index is -0.485. The van der Waals surface area contributed by atoms with E-state index < -0.39 is 5.82 Å². The molecule has 1 fully saturated rings. The third kappa shape index (κ3) is 6.74. The minimum Gasteiger partial charge on any atom is -0.340 e. The molecule has 1 aromatic heterocycles. The molecule has 7 nitrogen and oxygen atoms in total. The van der Waals surface area contributed by atoms with Crippen molar-refractivity contribution < 1.29 is 9.18 Å². The number of hydrogen-bond acceptors (Lipinski definition) is 6. The lowest BCUT2D eigenvalue weighted by molar-refractivity contribution is -0.111. The van der Waals surface area contributed by atoms with E-state index in [-0.39, 0.29) is 10.9 Å². The average molecular weight is 467 g/mol. The van der Waals surface area contributed by atoms with Crippen LogP contribution < -0.4 is 16.0 Å². The van der Waals surface area contributed by atoms with Gasteiger partial charge in [0.1, 0.15) is 23.8 Å². The second-order valence-corrected chi connectivity index (χ2v) is 8.05. The number of amides is 1. The van der Waals surface area contributed by atoms with Crippen LogP contribution in [0.5, 0.6) is 0 Å². The molecular weight excluding hydrogens is 443 g/mol. The molecule has 2 aromatic carbocycles. The molecule has 1 aliphatic heterocycles. The lowest BCUT2D eigenvalue weighted by Crippen LogP contribution is -2.19. The van der Waals surface area contributed by atoms with E-state index in [0.717, 1.165) is 25.3 Å². The first kappa shape index (κ1) is 22.7. The number of carbonyl (C=O) groups excluding carboxylic acids is 1. The van der Waals surface area contributed by atoms with Crippen molar-refractivity contribution in [2.24, 2.45) is 0 Å². The zero-order valence-electron chi connectivity index (χ0n) is 17.9. The van der Waals surface area contributed by atoms with Crippen molar-refractivity contribution in [1.82, 2.24) is 14.9 Å². The van der Waals surface area contributed by atoms with E-state index in [2.05, 4.69) is 30.8 Å². The quantitative estimate of drug-likeness (QED) is 0.388. The van der Waals surface area contributed by atoms with Gasteiger partial charge in [-0.25, -0.2) is 14.4 Å². The number of hydrogen-bond donors (Lipinski definition) is 3. The van der Waals surface area contributed by atoms with Gasteiger partial charge in [0, 0.05) is 35.7 Å². The highest BCUT2D eigenvalue weighted by atomic mass is 35.5. The summed E-state index contributed by atoms with van der Waals surface area (Å²) in [7, 11) is 0. The first-order chi connectivity index (χ1) is 16.0. The highest BCUT2D eigenvalue weighted by molar-refractivity contribution is 6.31. The molecule has 3 aromatic rings. The number of carbonyl (C=O) groups is 1. The summed E-state index contributed by atoms with van der Waals surface area (Å²) in [5.41, 5.74) is 2.03. The Balaban J connectivity index is 1.35. The first-order valence-electron chi connectivity index (χ1n) is 10.7. The summed E-state index contributed by atoms with van der Waals surface area (Å²) in [6.07, 6.45) is 7.33. The van der Waals surface area contributed by atoms with Gasteiger partial charge in [-0.05, 0) is 62.3 Å². The summed E-state index contributed by atoms with van der Waals surface area (Å²) in [6.45, 7) is 2.98. The molecule has 0 bridgehead atoms. The van der Waals surface area contributed by atoms with Crippen LogP contribution in [0.25, 0.3) is 0 Å². The second-order valence-electron chi connectivity index (χ2n) is 7.65. The van der Waals surface area contributed by atoms with Crippen molar-refractivity contribution in [2.45, 2.75) is 12.8 Å². The highest BCUT2D eigenvalue weighted by Gasteiger charge is 2.09. The fourth-order valence-corrected chi connectivity index (χ4v) is 3.68. The number of benzene rings is 2. The van der Waals surface area contributed by atoms with Gasteiger partial charge in [-0.2, -0.15) is 0 Å². The van der Waals surface area contributed by atoms with Crippen LogP contribution in [0.2, 0.25) is 5.02 Å². The molecule has 0 saturated carbocycles. The van der Waals surface area contributed by atoms with E-state index in [1.807, 2.05) is 30.3 Å². The molecule has 2 heterocycles. The smallest absolute Gasteiger partial charge is 0.248 e. The molecule has 1 aliphatic rings. The van der Waals surface area contributed by atoms with Gasteiger partial charge in [0.25, 0.3) is 0 Å². The molecule has 9 heteroatoms. The fraction of sp³-hybridized carbons (Fsp3) is 0.208. The topological polar surface area (TPSA) is 82.2 Å². The predicted octanol–water partition coefficient (Wildman–Crippen LogP) is 5.35. The lowest BCUT2D eigenvalue weighted by Gasteiger charge is -2.11. The summed E-state index contributed by atoms with van der Waals surface area (Å²) in [4.78, 5) is 22.9. The zero-order valence-corrected chi connectivity index (χ0v) is 18.6. The lowest BCUT2D eigenvalue weighted by atomic mass is 10.2. The van der Waals surface area contributed by atoms with Crippen LogP contribution >= 0.6 is 11.6 Å². The number of rotatable bonds is 8. The average Bonchev–Trinajstić information content (AvgIpc) is 3.30. The zero-order chi connectivity index (χ0) is 23.0. The fourth-order valence-electron chi connectivity index (χ4n) is 3.50. The summed E-state index contributed by atoms with van der Waals surface area (Å²) in [6, 6.07) is 13.4. The third-order valence-corrected chi connectivity index (χ3v) is 5.38. The maximum Gasteiger partial charge on any atom is 0.248 e. The van der Waals surface area contributed by atoms with Gasteiger partial charge in [0.2, 0.25) is 5.91 Å². The number of halogens is 2. The molecule has 33 heavy (non-hydrogen) atoms. The molecule has 3 N–H and O–H groups in total. The number of aromatic nitrogens is 2. The van der Waals surface area contributed by atoms with Crippen LogP contribution in [0.1, 0.15) is 12.8 Å². The molecule has 4 rings (SSSR count). The Morgan fingerprint density at radius 2 is 1.70 bits per heavy atom. The van der Waals surface area contributed by atoms with Gasteiger partial charge in [0.15, 0.2) is 0 Å². The Morgan fingerprint density at radius 1 is 1.00 bits per heavy atom. The number of nitrogens with zero attached hydrogens (tertiary/aromatic N) is 3. The van der Waals surface area contributed by atoms with Crippen LogP contribution in [0, 0.1) is 5.82 Å². The Morgan fingerprint density at radius 3 is 2.42 bits per heavy atom. The first-order valence-corrected chi connectivity index (χ1v) is 11.0. The normalized spacial score (nSPS) is 13.9. The van der Waals surface area contributed by atoms with Crippen molar-refractivity contribution in [3.63, 3.8) is 0 Å². The largest absolute Gasteiger partial charge is 0.340 e. The van der Waals surface area contributed by atoms with Gasteiger partial charge in [-0.3, -0.25) is 9.69 Å².